The molecule has 0 spiro atoms. The summed E-state index contributed by atoms with van der Waals surface area (Å²) in [5.41, 5.74) is 6.12. The molecule has 0 amide bonds. The second-order valence-electron chi connectivity index (χ2n) is 8.11. The summed E-state index contributed by atoms with van der Waals surface area (Å²) in [5, 5.41) is 13.4. The Morgan fingerprint density at radius 2 is 1.00 bits per heavy atom. The highest BCUT2D eigenvalue weighted by Gasteiger charge is 2.12. The average Bonchev–Trinajstić information content (AvgIpc) is 3.43. The van der Waals surface area contributed by atoms with Crippen LogP contribution in [0.5, 0.6) is 0 Å². The highest BCUT2D eigenvalue weighted by molar-refractivity contribution is 5.91. The van der Waals surface area contributed by atoms with Gasteiger partial charge < -0.3 is 9.84 Å². The molecule has 6 rings (SSSR count). The number of hydrogen-bond donors (Lipinski definition) is 1. The molecule has 172 valence electrons. The van der Waals surface area contributed by atoms with Gasteiger partial charge in [-0.25, -0.2) is 0 Å². The predicted molar refractivity (Wildman–Crippen MR) is 138 cm³/mol. The van der Waals surface area contributed by atoms with Gasteiger partial charge >= 0.3 is 5.97 Å². The first kappa shape index (κ1) is 24.5. The fourth-order valence-corrected chi connectivity index (χ4v) is 4.58. The molecule has 3 heteroatoms. The van der Waals surface area contributed by atoms with Crippen LogP contribution >= 0.6 is 0 Å². The van der Waals surface area contributed by atoms with Crippen molar-refractivity contribution in [2.24, 2.45) is 0 Å². The van der Waals surface area contributed by atoms with E-state index in [1.807, 2.05) is 0 Å². The molecule has 0 aromatic heterocycles. The number of aryl methyl sites for hydroxylation is 4. The van der Waals surface area contributed by atoms with Gasteiger partial charge in [-0.1, -0.05) is 72.8 Å². The van der Waals surface area contributed by atoms with Crippen molar-refractivity contribution < 1.29 is 14.6 Å². The molecule has 4 aromatic carbocycles. The van der Waals surface area contributed by atoms with Crippen LogP contribution in [-0.4, -0.2) is 24.3 Å². The van der Waals surface area contributed by atoms with Gasteiger partial charge in [-0.2, -0.15) is 0 Å². The topological polar surface area (TPSA) is 46.5 Å². The number of ether oxygens (including phenoxy) is 1. The minimum Gasteiger partial charge on any atom is -0.466 e. The first-order valence-corrected chi connectivity index (χ1v) is 11.8. The molecule has 0 fully saturated rings. The lowest BCUT2D eigenvalue weighted by molar-refractivity contribution is -0.140. The second kappa shape index (κ2) is 12.2. The van der Waals surface area contributed by atoms with Crippen molar-refractivity contribution in [3.05, 3.63) is 95.1 Å². The van der Waals surface area contributed by atoms with E-state index in [9.17, 15) is 4.79 Å². The molecule has 33 heavy (non-hydrogen) atoms. The number of rotatable bonds is 1. The summed E-state index contributed by atoms with van der Waals surface area (Å²) in [5.74, 6) is -0.211. The molecule has 0 saturated carbocycles. The van der Waals surface area contributed by atoms with Crippen LogP contribution in [-0.2, 0) is 35.2 Å². The average molecular weight is 443 g/mol. The zero-order chi connectivity index (χ0) is 23.6. The molecule has 3 nitrogen and oxygen atoms in total. The summed E-state index contributed by atoms with van der Waals surface area (Å²) in [6.45, 7) is 5.58. The Morgan fingerprint density at radius 3 is 1.21 bits per heavy atom. The molecular weight excluding hydrogens is 408 g/mol. The molecule has 0 unspecified atom stereocenters. The maximum atomic E-state index is 9.82. The van der Waals surface area contributed by atoms with E-state index in [2.05, 4.69) is 77.5 Å². The van der Waals surface area contributed by atoms with Gasteiger partial charge in [-0.3, -0.25) is 4.79 Å². The lowest BCUT2D eigenvalue weighted by Crippen LogP contribution is -1.95. The van der Waals surface area contributed by atoms with Crippen molar-refractivity contribution in [3.8, 4) is 0 Å². The van der Waals surface area contributed by atoms with Crippen LogP contribution in [0.25, 0.3) is 21.5 Å². The predicted octanol–water partition coefficient (Wildman–Crippen LogP) is 6.44. The number of carbonyl (C=O) groups excluding carboxylic acids is 1. The molecule has 0 aliphatic heterocycles. The number of hydrogen-bond acceptors (Lipinski definition) is 3. The van der Waals surface area contributed by atoms with Crippen molar-refractivity contribution >= 4 is 27.5 Å². The molecule has 2 aliphatic rings. The van der Waals surface area contributed by atoms with Gasteiger partial charge in [-0.05, 0) is 83.3 Å². The van der Waals surface area contributed by atoms with Gasteiger partial charge in [0.25, 0.3) is 0 Å². The first-order chi connectivity index (χ1) is 16.1. The number of aliphatic hydroxyl groups is 1. The van der Waals surface area contributed by atoms with E-state index < -0.39 is 0 Å². The fourth-order valence-electron chi connectivity index (χ4n) is 4.58. The third kappa shape index (κ3) is 6.21. The highest BCUT2D eigenvalue weighted by atomic mass is 16.5. The van der Waals surface area contributed by atoms with E-state index in [-0.39, 0.29) is 12.6 Å². The summed E-state index contributed by atoms with van der Waals surface area (Å²) in [6.07, 6.45) is 4.93. The number of benzene rings is 4. The number of aliphatic hydroxyl groups excluding tert-OH is 1. The zero-order valence-corrected chi connectivity index (χ0v) is 19.9. The van der Waals surface area contributed by atoms with E-state index in [0.717, 1.165) is 0 Å². The standard InChI is InChI=1S/2C12H10.C4H8O2.C2H6O/c2*1-3-9-4-2-6-11-8-7-10(5-1)12(9)11;1-3-6-4(2)5;1-2-3/h2*1-6H,7-8H2;3H2,1-2H3;3H,2H2,1H3. The van der Waals surface area contributed by atoms with Crippen LogP contribution in [0.4, 0.5) is 0 Å². The third-order valence-electron chi connectivity index (χ3n) is 5.83. The lowest BCUT2D eigenvalue weighted by atomic mass is 10.1. The molecule has 0 saturated heterocycles. The third-order valence-corrected chi connectivity index (χ3v) is 5.83. The summed E-state index contributed by atoms with van der Waals surface area (Å²) in [6, 6.07) is 26.4. The Morgan fingerprint density at radius 1 is 0.697 bits per heavy atom. The quantitative estimate of drug-likeness (QED) is 0.345. The lowest BCUT2D eigenvalue weighted by Gasteiger charge is -1.99. The molecule has 0 radical (unpaired) electrons. The first-order valence-electron chi connectivity index (χ1n) is 11.8. The Hall–Kier alpha value is -3.17. The molecule has 2 aliphatic carbocycles. The van der Waals surface area contributed by atoms with Gasteiger partial charge in [0, 0.05) is 13.5 Å². The highest BCUT2D eigenvalue weighted by Crippen LogP contribution is 2.30. The summed E-state index contributed by atoms with van der Waals surface area (Å²) in [7, 11) is 0. The van der Waals surface area contributed by atoms with Crippen molar-refractivity contribution in [1.29, 1.82) is 0 Å². The maximum absolute atomic E-state index is 9.82. The minimum absolute atomic E-state index is 0.211. The molecule has 0 heterocycles. The number of esters is 1. The molecular formula is C30H34O3. The van der Waals surface area contributed by atoms with E-state index >= 15 is 0 Å². The summed E-state index contributed by atoms with van der Waals surface area (Å²) >= 11 is 0. The van der Waals surface area contributed by atoms with Crippen molar-refractivity contribution in [3.63, 3.8) is 0 Å². The van der Waals surface area contributed by atoms with Crippen LogP contribution in [0.3, 0.4) is 0 Å². The van der Waals surface area contributed by atoms with E-state index in [4.69, 9.17) is 5.11 Å². The minimum atomic E-state index is -0.211. The van der Waals surface area contributed by atoms with Gasteiger partial charge in [0.1, 0.15) is 0 Å². The normalized spacial score (nSPS) is 12.1. The van der Waals surface area contributed by atoms with Crippen LogP contribution in [0, 0.1) is 0 Å². The van der Waals surface area contributed by atoms with Crippen LogP contribution in [0.15, 0.2) is 72.8 Å². The van der Waals surface area contributed by atoms with Gasteiger partial charge in [0.2, 0.25) is 0 Å². The largest absolute Gasteiger partial charge is 0.466 e. The Kier molecular flexibility index (Phi) is 9.03. The smallest absolute Gasteiger partial charge is 0.302 e. The van der Waals surface area contributed by atoms with Crippen LogP contribution in [0.1, 0.15) is 43.0 Å². The van der Waals surface area contributed by atoms with E-state index in [1.165, 1.54) is 76.4 Å². The Balaban J connectivity index is 0.000000139. The van der Waals surface area contributed by atoms with Crippen LogP contribution < -0.4 is 0 Å². The van der Waals surface area contributed by atoms with Crippen molar-refractivity contribution in [1.82, 2.24) is 0 Å². The van der Waals surface area contributed by atoms with Crippen LogP contribution in [0.2, 0.25) is 0 Å². The zero-order valence-electron chi connectivity index (χ0n) is 19.9. The SMILES string of the molecule is CCO.CCOC(C)=O.c1cc2c3c(cccc3c1)CC2.c1cc2c3c(cccc3c1)CC2. The molecule has 0 atom stereocenters. The maximum Gasteiger partial charge on any atom is 0.302 e. The molecule has 4 aromatic rings. The van der Waals surface area contributed by atoms with Gasteiger partial charge in [0.15, 0.2) is 0 Å². The van der Waals surface area contributed by atoms with E-state index in [1.54, 1.807) is 13.8 Å². The summed E-state index contributed by atoms with van der Waals surface area (Å²) in [4.78, 5) is 9.82. The number of carbonyl (C=O) groups is 1. The van der Waals surface area contributed by atoms with E-state index in [0.29, 0.717) is 6.61 Å². The van der Waals surface area contributed by atoms with Crippen molar-refractivity contribution in [2.75, 3.05) is 13.2 Å². The second-order valence-corrected chi connectivity index (χ2v) is 8.11. The Labute approximate surface area is 197 Å². The monoisotopic (exact) mass is 442 g/mol. The fraction of sp³-hybridized carbons (Fsp3) is 0.300. The Bertz CT molecular complexity index is 1050. The summed E-state index contributed by atoms with van der Waals surface area (Å²) < 4.78 is 4.40. The van der Waals surface area contributed by atoms with Crippen molar-refractivity contribution in [2.45, 2.75) is 46.5 Å². The molecule has 1 N–H and O–H groups in total. The molecule has 0 bridgehead atoms. The van der Waals surface area contributed by atoms with Gasteiger partial charge in [-0.15, -0.1) is 0 Å². The van der Waals surface area contributed by atoms with Gasteiger partial charge in [0.05, 0.1) is 6.61 Å².